The van der Waals surface area contributed by atoms with E-state index < -0.39 is 0 Å². The Morgan fingerprint density at radius 2 is 1.92 bits per heavy atom. The number of primary amides is 1. The SMILES string of the molecule is CC(C)(CO)CNc1ncc2nc(Nc3c(Cl)cc(C#N)cc3Cl)n([C@H]3CC[C@@H](C(N)=O)CC3)c2n1. The van der Waals surface area contributed by atoms with Crippen LogP contribution in [0, 0.1) is 22.7 Å². The van der Waals surface area contributed by atoms with Gasteiger partial charge in [-0.3, -0.25) is 9.36 Å². The molecule has 0 aliphatic heterocycles. The van der Waals surface area contributed by atoms with Crippen LogP contribution in [0.1, 0.15) is 51.1 Å². The number of halogens is 2. The van der Waals surface area contributed by atoms with Crippen LogP contribution in [-0.4, -0.2) is 43.7 Å². The lowest BCUT2D eigenvalue weighted by Gasteiger charge is -2.29. The smallest absolute Gasteiger partial charge is 0.224 e. The lowest BCUT2D eigenvalue weighted by molar-refractivity contribution is -0.122. The van der Waals surface area contributed by atoms with Crippen LogP contribution < -0.4 is 16.4 Å². The molecule has 12 heteroatoms. The number of hydrogen-bond donors (Lipinski definition) is 4. The molecular formula is C24H28Cl2N8O2. The molecule has 0 unspecified atom stereocenters. The Labute approximate surface area is 218 Å². The quantitative estimate of drug-likeness (QED) is 0.334. The molecule has 4 rings (SSSR count). The number of aliphatic hydroxyl groups excluding tert-OH is 1. The third-order valence-corrected chi connectivity index (χ3v) is 7.05. The Bertz CT molecular complexity index is 1300. The number of carbonyl (C=O) groups is 1. The Balaban J connectivity index is 1.74. The molecule has 0 bridgehead atoms. The molecule has 0 atom stereocenters. The Kier molecular flexibility index (Phi) is 7.54. The van der Waals surface area contributed by atoms with Crippen molar-refractivity contribution < 1.29 is 9.90 Å². The average molecular weight is 531 g/mol. The summed E-state index contributed by atoms with van der Waals surface area (Å²) in [6, 6.07) is 5.10. The predicted molar refractivity (Wildman–Crippen MR) is 139 cm³/mol. The van der Waals surface area contributed by atoms with E-state index in [4.69, 9.17) is 38.9 Å². The van der Waals surface area contributed by atoms with Gasteiger partial charge in [-0.15, -0.1) is 0 Å². The van der Waals surface area contributed by atoms with Crippen LogP contribution in [-0.2, 0) is 4.79 Å². The number of anilines is 3. The average Bonchev–Trinajstić information content (AvgIpc) is 3.22. The summed E-state index contributed by atoms with van der Waals surface area (Å²) in [7, 11) is 0. The molecule has 2 heterocycles. The number of amides is 1. The summed E-state index contributed by atoms with van der Waals surface area (Å²) in [5.74, 6) is 0.460. The van der Waals surface area contributed by atoms with Crippen LogP contribution in [0.5, 0.6) is 0 Å². The summed E-state index contributed by atoms with van der Waals surface area (Å²) in [4.78, 5) is 25.5. The van der Waals surface area contributed by atoms with E-state index in [2.05, 4.69) is 15.6 Å². The number of benzene rings is 1. The van der Waals surface area contributed by atoms with Crippen LogP contribution in [0.3, 0.4) is 0 Å². The van der Waals surface area contributed by atoms with Crippen molar-refractivity contribution in [1.82, 2.24) is 19.5 Å². The maximum absolute atomic E-state index is 11.7. The largest absolute Gasteiger partial charge is 0.396 e. The zero-order chi connectivity index (χ0) is 26.0. The molecule has 1 aliphatic carbocycles. The molecule has 1 aliphatic rings. The van der Waals surface area contributed by atoms with Gasteiger partial charge >= 0.3 is 0 Å². The fourth-order valence-corrected chi connectivity index (χ4v) is 4.85. The van der Waals surface area contributed by atoms with Gasteiger partial charge in [0, 0.05) is 30.5 Å². The highest BCUT2D eigenvalue weighted by atomic mass is 35.5. The number of aromatic nitrogens is 4. The monoisotopic (exact) mass is 530 g/mol. The van der Waals surface area contributed by atoms with Crippen molar-refractivity contribution in [1.29, 1.82) is 5.26 Å². The normalized spacial score (nSPS) is 18.1. The van der Waals surface area contributed by atoms with E-state index in [9.17, 15) is 15.2 Å². The number of imidazole rings is 1. The number of nitrogens with one attached hydrogen (secondary N) is 2. The highest BCUT2D eigenvalue weighted by Gasteiger charge is 2.29. The van der Waals surface area contributed by atoms with E-state index in [0.29, 0.717) is 66.5 Å². The maximum Gasteiger partial charge on any atom is 0.224 e. The molecule has 1 amide bonds. The first-order valence-electron chi connectivity index (χ1n) is 11.7. The van der Waals surface area contributed by atoms with E-state index in [-0.39, 0.29) is 39.9 Å². The summed E-state index contributed by atoms with van der Waals surface area (Å²) in [6.07, 6.45) is 4.39. The number of nitriles is 1. The van der Waals surface area contributed by atoms with Gasteiger partial charge in [-0.1, -0.05) is 37.0 Å². The Morgan fingerprint density at radius 3 is 2.50 bits per heavy atom. The Morgan fingerprint density at radius 1 is 1.25 bits per heavy atom. The molecule has 1 aromatic carbocycles. The first-order valence-corrected chi connectivity index (χ1v) is 12.4. The molecule has 1 fully saturated rings. The van der Waals surface area contributed by atoms with E-state index >= 15 is 0 Å². The molecule has 190 valence electrons. The molecule has 5 N–H and O–H groups in total. The third kappa shape index (κ3) is 5.48. The van der Waals surface area contributed by atoms with E-state index in [1.54, 1.807) is 6.20 Å². The number of hydrogen-bond acceptors (Lipinski definition) is 8. The van der Waals surface area contributed by atoms with Crippen molar-refractivity contribution in [3.8, 4) is 6.07 Å². The predicted octanol–water partition coefficient (Wildman–Crippen LogP) is 4.40. The first kappa shape index (κ1) is 25.9. The lowest BCUT2D eigenvalue weighted by Crippen LogP contribution is -2.29. The van der Waals surface area contributed by atoms with Crippen molar-refractivity contribution in [2.24, 2.45) is 17.1 Å². The second-order valence-electron chi connectivity index (χ2n) is 9.84. The van der Waals surface area contributed by atoms with Gasteiger partial charge in [0.15, 0.2) is 5.65 Å². The molecule has 2 aromatic heterocycles. The maximum atomic E-state index is 11.7. The molecular weight excluding hydrogens is 503 g/mol. The number of carbonyl (C=O) groups excluding carboxylic acids is 1. The van der Waals surface area contributed by atoms with Gasteiger partial charge in [-0.25, -0.2) is 9.97 Å². The minimum Gasteiger partial charge on any atom is -0.396 e. The minimum absolute atomic E-state index is 0.000616. The number of rotatable bonds is 8. The zero-order valence-corrected chi connectivity index (χ0v) is 21.6. The molecule has 3 aromatic rings. The fourth-order valence-electron chi connectivity index (χ4n) is 4.27. The standard InChI is InChI=1S/C24H28Cl2N8O2/c1-24(2,12-35)11-30-22-29-10-18-21(33-22)34(15-5-3-14(4-6-15)20(28)36)23(31-18)32-19-16(25)7-13(9-27)8-17(19)26/h7-8,10,14-15,35H,3-6,11-12H2,1-2H3,(H2,28,36)(H,31,32)(H,29,30,33)/t14-,15+. The number of aliphatic hydroxyl groups is 1. The second kappa shape index (κ2) is 10.5. The van der Waals surface area contributed by atoms with Gasteiger partial charge in [0.1, 0.15) is 5.52 Å². The van der Waals surface area contributed by atoms with Crippen molar-refractivity contribution in [3.05, 3.63) is 33.9 Å². The van der Waals surface area contributed by atoms with Crippen molar-refractivity contribution in [2.75, 3.05) is 23.8 Å². The minimum atomic E-state index is -0.346. The van der Waals surface area contributed by atoms with Crippen LogP contribution in [0.15, 0.2) is 18.3 Å². The molecule has 0 radical (unpaired) electrons. The summed E-state index contributed by atoms with van der Waals surface area (Å²) in [6.45, 7) is 4.37. The van der Waals surface area contributed by atoms with Crippen molar-refractivity contribution in [2.45, 2.75) is 45.6 Å². The first-order chi connectivity index (χ1) is 17.1. The number of fused-ring (bicyclic) bond motifs is 1. The summed E-state index contributed by atoms with van der Waals surface area (Å²) in [5.41, 5.74) is 7.15. The van der Waals surface area contributed by atoms with Crippen LogP contribution in [0.4, 0.5) is 17.6 Å². The van der Waals surface area contributed by atoms with E-state index in [1.807, 2.05) is 24.5 Å². The molecule has 0 saturated heterocycles. The summed E-state index contributed by atoms with van der Waals surface area (Å²) < 4.78 is 1.99. The van der Waals surface area contributed by atoms with Gasteiger partial charge in [0.2, 0.25) is 17.8 Å². The van der Waals surface area contributed by atoms with Gasteiger partial charge in [-0.2, -0.15) is 10.2 Å². The molecule has 1 saturated carbocycles. The van der Waals surface area contributed by atoms with Crippen LogP contribution in [0.25, 0.3) is 11.2 Å². The summed E-state index contributed by atoms with van der Waals surface area (Å²) >= 11 is 12.9. The van der Waals surface area contributed by atoms with Crippen LogP contribution in [0.2, 0.25) is 10.0 Å². The fraction of sp³-hybridized carbons (Fsp3) is 0.458. The zero-order valence-electron chi connectivity index (χ0n) is 20.1. The van der Waals surface area contributed by atoms with Gasteiger partial charge < -0.3 is 21.5 Å². The molecule has 36 heavy (non-hydrogen) atoms. The van der Waals surface area contributed by atoms with E-state index in [1.165, 1.54) is 12.1 Å². The van der Waals surface area contributed by atoms with Gasteiger partial charge in [-0.05, 0) is 37.8 Å². The second-order valence-corrected chi connectivity index (χ2v) is 10.7. The Hall–Kier alpha value is -3.13. The van der Waals surface area contributed by atoms with Crippen molar-refractivity contribution in [3.63, 3.8) is 0 Å². The van der Waals surface area contributed by atoms with Gasteiger partial charge in [0.05, 0.1) is 33.6 Å². The third-order valence-electron chi connectivity index (χ3n) is 6.46. The number of nitrogens with two attached hydrogens (primary N) is 1. The molecule has 0 spiro atoms. The van der Waals surface area contributed by atoms with Gasteiger partial charge in [0.25, 0.3) is 0 Å². The summed E-state index contributed by atoms with van der Waals surface area (Å²) in [5, 5.41) is 25.8. The highest BCUT2D eigenvalue weighted by molar-refractivity contribution is 6.39. The van der Waals surface area contributed by atoms with Crippen molar-refractivity contribution >= 4 is 57.9 Å². The highest BCUT2D eigenvalue weighted by Crippen LogP contribution is 2.39. The molecule has 10 nitrogen and oxygen atoms in total. The lowest BCUT2D eigenvalue weighted by atomic mass is 9.85. The van der Waals surface area contributed by atoms with Crippen LogP contribution >= 0.6 is 23.2 Å². The number of nitrogens with zero attached hydrogens (tertiary/aromatic N) is 5. The topological polar surface area (TPSA) is 155 Å². The van der Waals surface area contributed by atoms with E-state index in [0.717, 1.165) is 0 Å².